The molecule has 0 atom stereocenters. The van der Waals surface area contributed by atoms with E-state index in [2.05, 4.69) is 0 Å². The Morgan fingerprint density at radius 1 is 1.10 bits per heavy atom. The molecule has 1 amide bonds. The molecule has 3 rings (SSSR count). The summed E-state index contributed by atoms with van der Waals surface area (Å²) in [5.41, 5.74) is 3.12. The van der Waals surface area contributed by atoms with Gasteiger partial charge in [0.15, 0.2) is 0 Å². The summed E-state index contributed by atoms with van der Waals surface area (Å²) in [5, 5.41) is 0.514. The Bertz CT molecular complexity index is 724. The van der Waals surface area contributed by atoms with Crippen LogP contribution in [0.3, 0.4) is 0 Å². The summed E-state index contributed by atoms with van der Waals surface area (Å²) >= 11 is 5.96. The molecule has 2 aromatic rings. The summed E-state index contributed by atoms with van der Waals surface area (Å²) in [6.07, 6.45) is 0. The molecule has 0 aromatic heterocycles. The summed E-state index contributed by atoms with van der Waals surface area (Å²) in [6, 6.07) is 12.8. The number of ketones is 1. The maximum absolute atomic E-state index is 12.1. The van der Waals surface area contributed by atoms with Crippen LogP contribution in [0, 0.1) is 6.92 Å². The minimum atomic E-state index is -0.497. The van der Waals surface area contributed by atoms with Gasteiger partial charge in [0.05, 0.1) is 17.8 Å². The molecule has 0 bridgehead atoms. The monoisotopic (exact) mass is 285 g/mol. The van der Waals surface area contributed by atoms with Crippen LogP contribution in [0.4, 0.5) is 5.69 Å². The van der Waals surface area contributed by atoms with Crippen LogP contribution in [-0.4, -0.2) is 11.7 Å². The van der Waals surface area contributed by atoms with Crippen LogP contribution >= 0.6 is 11.6 Å². The molecule has 0 saturated carbocycles. The lowest BCUT2D eigenvalue weighted by molar-refractivity contribution is -0.114. The molecule has 0 radical (unpaired) electrons. The summed E-state index contributed by atoms with van der Waals surface area (Å²) in [6.45, 7) is 2.37. The van der Waals surface area contributed by atoms with Gasteiger partial charge in [-0.05, 0) is 30.7 Å². The molecule has 3 nitrogen and oxygen atoms in total. The molecule has 1 aliphatic heterocycles. The largest absolute Gasteiger partial charge is 0.300 e. The van der Waals surface area contributed by atoms with Gasteiger partial charge in [-0.3, -0.25) is 9.59 Å². The number of hydrogen-bond donors (Lipinski definition) is 0. The number of halogens is 1. The number of Topliss-reactive ketones (excluding diaryl/α,β-unsaturated/α-hetero) is 1. The summed E-state index contributed by atoms with van der Waals surface area (Å²) in [7, 11) is 0. The molecule has 0 unspecified atom stereocenters. The van der Waals surface area contributed by atoms with E-state index in [4.69, 9.17) is 11.6 Å². The van der Waals surface area contributed by atoms with E-state index in [9.17, 15) is 9.59 Å². The minimum absolute atomic E-state index is 0.375. The fourth-order valence-corrected chi connectivity index (χ4v) is 2.58. The highest BCUT2D eigenvalue weighted by Crippen LogP contribution is 2.32. The van der Waals surface area contributed by atoms with Crippen molar-refractivity contribution in [3.63, 3.8) is 0 Å². The van der Waals surface area contributed by atoms with Gasteiger partial charge in [-0.1, -0.05) is 41.4 Å². The molecule has 0 fully saturated rings. The topological polar surface area (TPSA) is 37.4 Å². The van der Waals surface area contributed by atoms with Gasteiger partial charge in [0.2, 0.25) is 0 Å². The Kier molecular flexibility index (Phi) is 3.07. The van der Waals surface area contributed by atoms with Gasteiger partial charge in [0, 0.05) is 5.02 Å². The lowest BCUT2D eigenvalue weighted by atomic mass is 10.1. The second kappa shape index (κ2) is 4.76. The molecule has 0 N–H and O–H groups in total. The highest BCUT2D eigenvalue weighted by molar-refractivity contribution is 6.52. The zero-order valence-electron chi connectivity index (χ0n) is 10.9. The van der Waals surface area contributed by atoms with Crippen LogP contribution in [0.25, 0.3) is 0 Å². The Labute approximate surface area is 121 Å². The number of anilines is 1. The first-order chi connectivity index (χ1) is 9.56. The molecular formula is C16H12ClNO2. The molecule has 4 heteroatoms. The van der Waals surface area contributed by atoms with Crippen molar-refractivity contribution < 1.29 is 9.59 Å². The number of amides is 1. The van der Waals surface area contributed by atoms with Crippen LogP contribution in [0.2, 0.25) is 5.02 Å². The van der Waals surface area contributed by atoms with E-state index < -0.39 is 11.7 Å². The first-order valence-corrected chi connectivity index (χ1v) is 6.65. The average molecular weight is 286 g/mol. The number of rotatable bonds is 2. The second-order valence-corrected chi connectivity index (χ2v) is 5.31. The second-order valence-electron chi connectivity index (χ2n) is 4.87. The Hall–Kier alpha value is -2.13. The van der Waals surface area contributed by atoms with Crippen LogP contribution in [0.1, 0.15) is 21.5 Å². The van der Waals surface area contributed by atoms with Crippen molar-refractivity contribution >= 4 is 29.0 Å². The van der Waals surface area contributed by atoms with E-state index in [0.717, 1.165) is 11.1 Å². The SMILES string of the molecule is Cc1cccc(CN2C(=O)C(=O)c3ccc(Cl)cc32)c1. The normalized spacial score (nSPS) is 13.8. The molecule has 100 valence electrons. The predicted molar refractivity (Wildman–Crippen MR) is 78.2 cm³/mol. The number of aryl methyl sites for hydroxylation is 1. The molecule has 20 heavy (non-hydrogen) atoms. The van der Waals surface area contributed by atoms with E-state index in [1.807, 2.05) is 31.2 Å². The molecule has 2 aromatic carbocycles. The van der Waals surface area contributed by atoms with Crippen molar-refractivity contribution in [3.8, 4) is 0 Å². The van der Waals surface area contributed by atoms with E-state index in [-0.39, 0.29) is 0 Å². The van der Waals surface area contributed by atoms with Crippen molar-refractivity contribution in [2.45, 2.75) is 13.5 Å². The maximum Gasteiger partial charge on any atom is 0.299 e. The third-order valence-corrected chi connectivity index (χ3v) is 3.59. The lowest BCUT2D eigenvalue weighted by Crippen LogP contribution is -2.29. The van der Waals surface area contributed by atoms with E-state index in [1.54, 1.807) is 18.2 Å². The molecular weight excluding hydrogens is 274 g/mol. The minimum Gasteiger partial charge on any atom is -0.300 e. The molecule has 0 spiro atoms. The van der Waals surface area contributed by atoms with Gasteiger partial charge in [-0.2, -0.15) is 0 Å². The molecule has 0 saturated heterocycles. The van der Waals surface area contributed by atoms with Gasteiger partial charge in [0.25, 0.3) is 11.7 Å². The first-order valence-electron chi connectivity index (χ1n) is 6.27. The Morgan fingerprint density at radius 3 is 2.65 bits per heavy atom. The number of benzene rings is 2. The maximum atomic E-state index is 12.1. The smallest absolute Gasteiger partial charge is 0.299 e. The van der Waals surface area contributed by atoms with Crippen LogP contribution in [0.15, 0.2) is 42.5 Å². The van der Waals surface area contributed by atoms with Crippen molar-refractivity contribution in [1.82, 2.24) is 0 Å². The zero-order chi connectivity index (χ0) is 14.3. The summed E-state index contributed by atoms with van der Waals surface area (Å²) in [5.74, 6) is -0.965. The predicted octanol–water partition coefficient (Wildman–Crippen LogP) is 3.38. The third-order valence-electron chi connectivity index (χ3n) is 3.36. The van der Waals surface area contributed by atoms with E-state index in [1.165, 1.54) is 4.90 Å². The fraction of sp³-hybridized carbons (Fsp3) is 0.125. The van der Waals surface area contributed by atoms with Crippen molar-refractivity contribution in [3.05, 3.63) is 64.2 Å². The first kappa shape index (κ1) is 12.9. The number of carbonyl (C=O) groups excluding carboxylic acids is 2. The zero-order valence-corrected chi connectivity index (χ0v) is 11.6. The Morgan fingerprint density at radius 2 is 1.90 bits per heavy atom. The van der Waals surface area contributed by atoms with E-state index in [0.29, 0.717) is 22.8 Å². The van der Waals surface area contributed by atoms with Crippen LogP contribution in [-0.2, 0) is 11.3 Å². The average Bonchev–Trinajstić information content (AvgIpc) is 2.64. The van der Waals surface area contributed by atoms with Crippen molar-refractivity contribution in [1.29, 1.82) is 0 Å². The van der Waals surface area contributed by atoms with E-state index >= 15 is 0 Å². The quantitative estimate of drug-likeness (QED) is 0.793. The number of nitrogens with zero attached hydrogens (tertiary/aromatic N) is 1. The third kappa shape index (κ3) is 2.10. The summed E-state index contributed by atoms with van der Waals surface area (Å²) in [4.78, 5) is 25.5. The van der Waals surface area contributed by atoms with Gasteiger partial charge < -0.3 is 4.90 Å². The van der Waals surface area contributed by atoms with Crippen LogP contribution in [0.5, 0.6) is 0 Å². The van der Waals surface area contributed by atoms with Crippen molar-refractivity contribution in [2.24, 2.45) is 0 Å². The van der Waals surface area contributed by atoms with Crippen LogP contribution < -0.4 is 4.90 Å². The highest BCUT2D eigenvalue weighted by atomic mass is 35.5. The fourth-order valence-electron chi connectivity index (χ4n) is 2.42. The Balaban J connectivity index is 2.01. The lowest BCUT2D eigenvalue weighted by Gasteiger charge is -2.17. The number of fused-ring (bicyclic) bond motifs is 1. The molecule has 1 heterocycles. The number of hydrogen-bond acceptors (Lipinski definition) is 2. The highest BCUT2D eigenvalue weighted by Gasteiger charge is 2.35. The van der Waals surface area contributed by atoms with Gasteiger partial charge in [0.1, 0.15) is 0 Å². The standard InChI is InChI=1S/C16H12ClNO2/c1-10-3-2-4-11(7-10)9-18-14-8-12(17)5-6-13(14)15(19)16(18)20/h2-8H,9H2,1H3. The van der Waals surface area contributed by atoms with Gasteiger partial charge >= 0.3 is 0 Å². The number of carbonyl (C=O) groups is 2. The van der Waals surface area contributed by atoms with Crippen molar-refractivity contribution in [2.75, 3.05) is 4.90 Å². The summed E-state index contributed by atoms with van der Waals surface area (Å²) < 4.78 is 0. The van der Waals surface area contributed by atoms with Gasteiger partial charge in [-0.15, -0.1) is 0 Å². The van der Waals surface area contributed by atoms with Gasteiger partial charge in [-0.25, -0.2) is 0 Å². The molecule has 0 aliphatic carbocycles. The molecule has 1 aliphatic rings.